The Hall–Kier alpha value is -3.75. The van der Waals surface area contributed by atoms with Crippen LogP contribution < -0.4 is 15.4 Å². The molecule has 6 nitrogen and oxygen atoms in total. The molecule has 0 aliphatic carbocycles. The van der Waals surface area contributed by atoms with E-state index in [2.05, 4.69) is 18.8 Å². The summed E-state index contributed by atoms with van der Waals surface area (Å²) in [5.74, 6) is -3.69. The van der Waals surface area contributed by atoms with E-state index in [0.717, 1.165) is 30.5 Å². The third kappa shape index (κ3) is 6.03. The number of aromatic nitrogens is 1. The maximum absolute atomic E-state index is 15.2. The van der Waals surface area contributed by atoms with Gasteiger partial charge in [0.25, 0.3) is 0 Å². The minimum atomic E-state index is -1.04. The van der Waals surface area contributed by atoms with E-state index in [-0.39, 0.29) is 35.6 Å². The summed E-state index contributed by atoms with van der Waals surface area (Å²) >= 11 is 0. The number of piperidine rings is 1. The van der Waals surface area contributed by atoms with Crippen molar-refractivity contribution in [3.8, 4) is 16.9 Å². The number of aryl methyl sites for hydroxylation is 1. The van der Waals surface area contributed by atoms with Crippen molar-refractivity contribution in [3.05, 3.63) is 70.7 Å². The number of pyridine rings is 1. The first-order chi connectivity index (χ1) is 17.9. The topological polar surface area (TPSA) is 88.7 Å². The summed E-state index contributed by atoms with van der Waals surface area (Å²) in [6.07, 6.45) is 1.77. The number of hydrogen-bond donors (Lipinski definition) is 2. The zero-order valence-electron chi connectivity index (χ0n) is 21.8. The molecule has 1 aliphatic heterocycles. The Kier molecular flexibility index (Phi) is 7.85. The molecule has 2 aromatic carbocycles. The molecule has 0 unspecified atom stereocenters. The average Bonchev–Trinajstić information content (AvgIpc) is 2.83. The number of carboxylic acids is 1. The summed E-state index contributed by atoms with van der Waals surface area (Å²) in [5, 5.41) is 9.60. The van der Waals surface area contributed by atoms with Crippen LogP contribution in [0.5, 0.6) is 5.75 Å². The number of halogens is 3. The van der Waals surface area contributed by atoms with E-state index in [1.54, 1.807) is 19.1 Å². The van der Waals surface area contributed by atoms with E-state index < -0.39 is 23.4 Å². The molecule has 4 rings (SSSR count). The lowest BCUT2D eigenvalue weighted by atomic mass is 9.82. The molecule has 3 N–H and O–H groups in total. The summed E-state index contributed by atoms with van der Waals surface area (Å²) in [4.78, 5) is 18.1. The zero-order valence-corrected chi connectivity index (χ0v) is 21.8. The number of nitrogens with zero attached hydrogens (tertiary/aromatic N) is 2. The highest BCUT2D eigenvalue weighted by atomic mass is 19.1. The molecule has 3 aromatic rings. The number of carboxylic acid groups (broad SMARTS) is 1. The molecular weight excluding hydrogens is 495 g/mol. The van der Waals surface area contributed by atoms with Gasteiger partial charge in [-0.25, -0.2) is 18.2 Å². The van der Waals surface area contributed by atoms with Crippen molar-refractivity contribution in [2.24, 2.45) is 5.41 Å². The van der Waals surface area contributed by atoms with Crippen LogP contribution in [0.2, 0.25) is 0 Å². The van der Waals surface area contributed by atoms with Gasteiger partial charge >= 0.3 is 5.97 Å². The monoisotopic (exact) mass is 527 g/mol. The summed E-state index contributed by atoms with van der Waals surface area (Å²) in [6, 6.07) is 8.07. The van der Waals surface area contributed by atoms with Gasteiger partial charge in [0.05, 0.1) is 18.7 Å². The lowest BCUT2D eigenvalue weighted by Crippen LogP contribution is -2.38. The molecule has 0 atom stereocenters. The molecule has 0 radical (unpaired) electrons. The predicted molar refractivity (Wildman–Crippen MR) is 141 cm³/mol. The van der Waals surface area contributed by atoms with Crippen LogP contribution in [0.4, 0.5) is 24.7 Å². The third-order valence-corrected chi connectivity index (χ3v) is 7.10. The van der Waals surface area contributed by atoms with Crippen LogP contribution in [0.1, 0.15) is 43.5 Å². The van der Waals surface area contributed by atoms with E-state index in [9.17, 15) is 14.3 Å². The summed E-state index contributed by atoms with van der Waals surface area (Å²) in [7, 11) is 0. The molecule has 0 amide bonds. The van der Waals surface area contributed by atoms with Crippen molar-refractivity contribution in [2.75, 3.05) is 30.3 Å². The number of benzene rings is 2. The lowest BCUT2D eigenvalue weighted by molar-refractivity contribution is -0.136. The van der Waals surface area contributed by atoms with Gasteiger partial charge in [-0.05, 0) is 60.6 Å². The van der Waals surface area contributed by atoms with Crippen molar-refractivity contribution < 1.29 is 27.8 Å². The first-order valence-corrected chi connectivity index (χ1v) is 12.6. The molecule has 1 saturated heterocycles. The number of hydrogen-bond acceptors (Lipinski definition) is 5. The van der Waals surface area contributed by atoms with Gasteiger partial charge < -0.3 is 20.5 Å². The number of ether oxygens (including phenoxy) is 1. The van der Waals surface area contributed by atoms with E-state index in [1.807, 2.05) is 4.90 Å². The van der Waals surface area contributed by atoms with Gasteiger partial charge in [-0.1, -0.05) is 26.0 Å². The molecule has 0 spiro atoms. The maximum atomic E-state index is 15.2. The number of rotatable bonds is 8. The van der Waals surface area contributed by atoms with E-state index in [4.69, 9.17) is 10.5 Å². The Morgan fingerprint density at radius 2 is 1.71 bits per heavy atom. The van der Waals surface area contributed by atoms with Crippen LogP contribution in [-0.4, -0.2) is 35.8 Å². The fourth-order valence-corrected chi connectivity index (χ4v) is 4.84. The Balaban J connectivity index is 1.70. The van der Waals surface area contributed by atoms with Gasteiger partial charge in [0.15, 0.2) is 17.4 Å². The van der Waals surface area contributed by atoms with Gasteiger partial charge in [-0.2, -0.15) is 0 Å². The van der Waals surface area contributed by atoms with Gasteiger partial charge in [0, 0.05) is 36.3 Å². The molecular formula is C29H32F3N3O3. The van der Waals surface area contributed by atoms with Crippen LogP contribution in [0.15, 0.2) is 36.4 Å². The molecule has 9 heteroatoms. The second-order valence-electron chi connectivity index (χ2n) is 10.5. The van der Waals surface area contributed by atoms with Crippen LogP contribution in [0.25, 0.3) is 11.1 Å². The highest BCUT2D eigenvalue weighted by molar-refractivity contribution is 5.91. The zero-order chi connectivity index (χ0) is 27.6. The third-order valence-electron chi connectivity index (χ3n) is 7.10. The predicted octanol–water partition coefficient (Wildman–Crippen LogP) is 5.93. The van der Waals surface area contributed by atoms with Crippen molar-refractivity contribution in [3.63, 3.8) is 0 Å². The number of nitrogens with two attached hydrogens (primary N) is 1. The minimum Gasteiger partial charge on any atom is -0.487 e. The fraction of sp³-hybridized carbons (Fsp3) is 0.379. The van der Waals surface area contributed by atoms with E-state index in [0.29, 0.717) is 42.0 Å². The van der Waals surface area contributed by atoms with E-state index in [1.165, 1.54) is 12.1 Å². The van der Waals surface area contributed by atoms with Gasteiger partial charge in [-0.3, -0.25) is 4.79 Å². The van der Waals surface area contributed by atoms with E-state index >= 15 is 8.78 Å². The molecule has 1 fully saturated rings. The smallest absolute Gasteiger partial charge is 0.307 e. The highest BCUT2D eigenvalue weighted by Crippen LogP contribution is 2.43. The fourth-order valence-electron chi connectivity index (χ4n) is 4.84. The summed E-state index contributed by atoms with van der Waals surface area (Å²) in [5.41, 5.74) is 9.17. The van der Waals surface area contributed by atoms with Crippen LogP contribution >= 0.6 is 0 Å². The Morgan fingerprint density at radius 3 is 2.29 bits per heavy atom. The van der Waals surface area contributed by atoms with Crippen molar-refractivity contribution >= 4 is 17.5 Å². The first kappa shape index (κ1) is 27.3. The highest BCUT2D eigenvalue weighted by Gasteiger charge is 2.31. The lowest BCUT2D eigenvalue weighted by Gasteiger charge is -2.40. The van der Waals surface area contributed by atoms with Crippen molar-refractivity contribution in [1.82, 2.24) is 4.98 Å². The summed E-state index contributed by atoms with van der Waals surface area (Å²) < 4.78 is 48.9. The molecule has 0 bridgehead atoms. The normalized spacial score (nSPS) is 14.9. The van der Waals surface area contributed by atoms with Crippen molar-refractivity contribution in [2.45, 2.75) is 46.5 Å². The maximum Gasteiger partial charge on any atom is 0.307 e. The SMILES string of the molecule is Cc1nc(N)c(-c2cc(F)c(OCCc3ccc(F)cc3)c(F)c2)c(N2CCC(C)(C)CC2)c1CC(=O)O. The average molecular weight is 528 g/mol. The standard InChI is InChI=1S/C29H32F3N3O3/c1-17-21(16-24(36)37)26(35-11-9-29(2,3)10-12-35)25(28(33)34-17)19-14-22(31)27(23(32)15-19)38-13-8-18-4-6-20(30)7-5-18/h4-7,14-15H,8-13,16H2,1-3H3,(H2,33,34)(H,36,37). The minimum absolute atomic E-state index is 0.00931. The van der Waals surface area contributed by atoms with Crippen LogP contribution in [0, 0.1) is 29.8 Å². The number of nitrogen functional groups attached to an aromatic ring is 1. The largest absolute Gasteiger partial charge is 0.487 e. The quantitative estimate of drug-likeness (QED) is 0.377. The number of carbonyl (C=O) groups is 1. The van der Waals surface area contributed by atoms with Gasteiger partial charge in [-0.15, -0.1) is 0 Å². The van der Waals surface area contributed by atoms with Gasteiger partial charge in [0.1, 0.15) is 11.6 Å². The second-order valence-corrected chi connectivity index (χ2v) is 10.5. The Labute approximate surface area is 220 Å². The van der Waals surface area contributed by atoms with Gasteiger partial charge in [0.2, 0.25) is 0 Å². The van der Waals surface area contributed by atoms with Crippen LogP contribution in [-0.2, 0) is 17.6 Å². The molecule has 1 aromatic heterocycles. The Bertz CT molecular complexity index is 1310. The number of anilines is 2. The molecule has 1 aliphatic rings. The molecule has 2 heterocycles. The van der Waals surface area contributed by atoms with Crippen LogP contribution in [0.3, 0.4) is 0 Å². The summed E-state index contributed by atoms with van der Waals surface area (Å²) in [6.45, 7) is 7.32. The number of aliphatic carboxylic acids is 1. The molecule has 202 valence electrons. The Morgan fingerprint density at radius 1 is 1.11 bits per heavy atom. The first-order valence-electron chi connectivity index (χ1n) is 12.6. The molecule has 0 saturated carbocycles. The second kappa shape index (κ2) is 10.9. The molecule has 38 heavy (non-hydrogen) atoms. The van der Waals surface area contributed by atoms with Crippen molar-refractivity contribution in [1.29, 1.82) is 0 Å².